The quantitative estimate of drug-likeness (QED) is 0.881. The number of hydrogen-bond donors (Lipinski definition) is 1. The average Bonchev–Trinajstić information content (AvgIpc) is 2.52. The van der Waals surface area contributed by atoms with Crippen molar-refractivity contribution < 1.29 is 13.9 Å². The van der Waals surface area contributed by atoms with E-state index in [9.17, 15) is 9.18 Å². The third kappa shape index (κ3) is 4.35. The third-order valence-corrected chi connectivity index (χ3v) is 2.99. The molecule has 0 bridgehead atoms. The number of carbonyl (C=O) groups is 1. The number of amides is 1. The lowest BCUT2D eigenvalue weighted by Gasteiger charge is -2.04. The second-order valence-corrected chi connectivity index (χ2v) is 4.57. The van der Waals surface area contributed by atoms with Crippen molar-refractivity contribution in [1.82, 2.24) is 5.32 Å². The first kappa shape index (κ1) is 15.6. The maximum Gasteiger partial charge on any atom is 0.252 e. The summed E-state index contributed by atoms with van der Waals surface area (Å²) < 4.78 is 18.5. The predicted octanol–water partition coefficient (Wildman–Crippen LogP) is 2.95. The number of nitrogens with one attached hydrogen (secondary N) is 1. The van der Waals surface area contributed by atoms with Crippen LogP contribution in [0.3, 0.4) is 0 Å². The van der Waals surface area contributed by atoms with Gasteiger partial charge in [0.1, 0.15) is 6.61 Å². The van der Waals surface area contributed by atoms with Crippen LogP contribution in [0.4, 0.5) is 4.39 Å². The first-order valence-electron chi connectivity index (χ1n) is 6.85. The van der Waals surface area contributed by atoms with E-state index in [1.165, 1.54) is 12.1 Å². The summed E-state index contributed by atoms with van der Waals surface area (Å²) in [5, 5.41) is 2.71. The fourth-order valence-corrected chi connectivity index (χ4v) is 1.84. The molecule has 0 radical (unpaired) electrons. The Morgan fingerprint density at radius 1 is 1.14 bits per heavy atom. The van der Waals surface area contributed by atoms with E-state index in [-0.39, 0.29) is 24.8 Å². The average molecular weight is 297 g/mol. The van der Waals surface area contributed by atoms with Gasteiger partial charge in [0.05, 0.1) is 6.54 Å². The topological polar surface area (TPSA) is 38.3 Å². The highest BCUT2D eigenvalue weighted by Gasteiger charge is 2.05. The van der Waals surface area contributed by atoms with E-state index in [1.807, 2.05) is 25.1 Å². The number of ether oxygens (including phenoxy) is 1. The van der Waals surface area contributed by atoms with Crippen molar-refractivity contribution in [3.63, 3.8) is 0 Å². The maximum absolute atomic E-state index is 13.3. The molecular weight excluding hydrogens is 281 g/mol. The van der Waals surface area contributed by atoms with Crippen LogP contribution in [0.2, 0.25) is 0 Å². The molecule has 2 aromatic rings. The number of rotatable bonds is 4. The van der Waals surface area contributed by atoms with E-state index in [2.05, 4.69) is 17.2 Å². The largest absolute Gasteiger partial charge is 0.478 e. The van der Waals surface area contributed by atoms with Gasteiger partial charge >= 0.3 is 0 Å². The molecule has 0 aliphatic heterocycles. The molecule has 1 amide bonds. The Labute approximate surface area is 129 Å². The Balaban J connectivity index is 1.77. The summed E-state index contributed by atoms with van der Waals surface area (Å²) in [6.07, 6.45) is 0. The van der Waals surface area contributed by atoms with Crippen LogP contribution in [0.25, 0.3) is 0 Å². The number of aryl methyl sites for hydroxylation is 1. The zero-order valence-electron chi connectivity index (χ0n) is 12.2. The molecule has 0 spiro atoms. The molecule has 0 aromatic heterocycles. The highest BCUT2D eigenvalue weighted by molar-refractivity contribution is 5.95. The minimum absolute atomic E-state index is 0.0706. The summed E-state index contributed by atoms with van der Waals surface area (Å²) >= 11 is 0. The summed E-state index contributed by atoms with van der Waals surface area (Å²) in [7, 11) is 0. The number of benzene rings is 2. The van der Waals surface area contributed by atoms with E-state index < -0.39 is 5.82 Å². The van der Waals surface area contributed by atoms with Crippen LogP contribution in [0.15, 0.2) is 48.5 Å². The van der Waals surface area contributed by atoms with Crippen molar-refractivity contribution in [2.24, 2.45) is 0 Å². The molecule has 0 fully saturated rings. The molecule has 0 atom stereocenters. The molecule has 0 saturated carbocycles. The van der Waals surface area contributed by atoms with Crippen LogP contribution in [0, 0.1) is 24.6 Å². The van der Waals surface area contributed by atoms with Gasteiger partial charge in [-0.25, -0.2) is 4.39 Å². The van der Waals surface area contributed by atoms with Crippen LogP contribution in [-0.2, 0) is 0 Å². The normalized spacial score (nSPS) is 9.55. The van der Waals surface area contributed by atoms with Gasteiger partial charge in [0, 0.05) is 5.56 Å². The SMILES string of the molecule is Cc1ccccc1C(=O)NCC#CCOc1ccccc1F. The highest BCUT2D eigenvalue weighted by atomic mass is 19.1. The van der Waals surface area contributed by atoms with Crippen molar-refractivity contribution in [3.05, 3.63) is 65.5 Å². The Morgan fingerprint density at radius 2 is 1.86 bits per heavy atom. The van der Waals surface area contributed by atoms with Gasteiger partial charge in [-0.15, -0.1) is 0 Å². The fourth-order valence-electron chi connectivity index (χ4n) is 1.84. The number of para-hydroxylation sites is 1. The maximum atomic E-state index is 13.3. The number of hydrogen-bond acceptors (Lipinski definition) is 2. The van der Waals surface area contributed by atoms with Gasteiger partial charge < -0.3 is 10.1 Å². The zero-order valence-corrected chi connectivity index (χ0v) is 12.2. The van der Waals surface area contributed by atoms with Crippen LogP contribution >= 0.6 is 0 Å². The molecule has 0 unspecified atom stereocenters. The van der Waals surface area contributed by atoms with E-state index in [1.54, 1.807) is 18.2 Å². The smallest absolute Gasteiger partial charge is 0.252 e. The molecule has 22 heavy (non-hydrogen) atoms. The molecule has 2 rings (SSSR count). The standard InChI is InChI=1S/C18H16FNO2/c1-14-8-2-3-9-15(14)18(21)20-12-6-7-13-22-17-11-5-4-10-16(17)19/h2-5,8-11H,12-13H2,1H3,(H,20,21). The van der Waals surface area contributed by atoms with E-state index >= 15 is 0 Å². The minimum atomic E-state index is -0.419. The van der Waals surface area contributed by atoms with Crippen LogP contribution in [0.1, 0.15) is 15.9 Å². The molecule has 0 saturated heterocycles. The lowest BCUT2D eigenvalue weighted by molar-refractivity contribution is 0.0958. The minimum Gasteiger partial charge on any atom is -0.478 e. The third-order valence-electron chi connectivity index (χ3n) is 2.99. The summed E-state index contributed by atoms with van der Waals surface area (Å²) in [6.45, 7) is 2.16. The Morgan fingerprint density at radius 3 is 2.64 bits per heavy atom. The summed E-state index contributed by atoms with van der Waals surface area (Å²) in [5.41, 5.74) is 1.54. The lowest BCUT2D eigenvalue weighted by atomic mass is 10.1. The Bertz CT molecular complexity index is 716. The zero-order chi connectivity index (χ0) is 15.8. The molecule has 112 valence electrons. The van der Waals surface area contributed by atoms with Gasteiger partial charge in [-0.2, -0.15) is 0 Å². The van der Waals surface area contributed by atoms with Gasteiger partial charge in [0.25, 0.3) is 5.91 Å². The summed E-state index contributed by atoms with van der Waals surface area (Å²) in [5.74, 6) is 5.08. The number of halogens is 1. The van der Waals surface area contributed by atoms with Crippen molar-refractivity contribution in [1.29, 1.82) is 0 Å². The Kier molecular flexibility index (Phi) is 5.56. The first-order valence-corrected chi connectivity index (χ1v) is 6.85. The van der Waals surface area contributed by atoms with Crippen molar-refractivity contribution in [2.75, 3.05) is 13.2 Å². The summed E-state index contributed by atoms with van der Waals surface area (Å²) in [6, 6.07) is 13.5. The van der Waals surface area contributed by atoms with Crippen molar-refractivity contribution in [2.45, 2.75) is 6.92 Å². The van der Waals surface area contributed by atoms with E-state index in [0.29, 0.717) is 5.56 Å². The van der Waals surface area contributed by atoms with Gasteiger partial charge in [0.15, 0.2) is 11.6 Å². The van der Waals surface area contributed by atoms with Gasteiger partial charge in [-0.3, -0.25) is 4.79 Å². The van der Waals surface area contributed by atoms with E-state index in [0.717, 1.165) is 5.56 Å². The van der Waals surface area contributed by atoms with Crippen molar-refractivity contribution in [3.8, 4) is 17.6 Å². The molecule has 4 heteroatoms. The van der Waals surface area contributed by atoms with E-state index in [4.69, 9.17) is 4.74 Å². The highest BCUT2D eigenvalue weighted by Crippen LogP contribution is 2.14. The first-order chi connectivity index (χ1) is 10.7. The van der Waals surface area contributed by atoms with Gasteiger partial charge in [0.2, 0.25) is 0 Å². The summed E-state index contributed by atoms with van der Waals surface area (Å²) in [4.78, 5) is 11.9. The Hall–Kier alpha value is -2.80. The molecule has 2 aromatic carbocycles. The molecular formula is C18H16FNO2. The molecule has 0 aliphatic rings. The van der Waals surface area contributed by atoms with Crippen molar-refractivity contribution >= 4 is 5.91 Å². The second-order valence-electron chi connectivity index (χ2n) is 4.57. The molecule has 3 nitrogen and oxygen atoms in total. The molecule has 1 N–H and O–H groups in total. The second kappa shape index (κ2) is 7.84. The van der Waals surface area contributed by atoms with Gasteiger partial charge in [-0.1, -0.05) is 42.2 Å². The number of carbonyl (C=O) groups excluding carboxylic acids is 1. The van der Waals surface area contributed by atoms with Gasteiger partial charge in [-0.05, 0) is 30.7 Å². The van der Waals surface area contributed by atoms with Crippen LogP contribution in [-0.4, -0.2) is 19.1 Å². The molecule has 0 aliphatic carbocycles. The molecule has 0 heterocycles. The lowest BCUT2D eigenvalue weighted by Crippen LogP contribution is -2.24. The predicted molar refractivity (Wildman–Crippen MR) is 83.2 cm³/mol. The fraction of sp³-hybridized carbons (Fsp3) is 0.167. The van der Waals surface area contributed by atoms with Crippen LogP contribution < -0.4 is 10.1 Å². The van der Waals surface area contributed by atoms with Crippen LogP contribution in [0.5, 0.6) is 5.75 Å². The monoisotopic (exact) mass is 297 g/mol.